The molecule has 0 rings (SSSR count). The number of rotatable bonds is 4. The fraction of sp³-hybridized carbons (Fsp3) is 0.900. The van der Waals surface area contributed by atoms with E-state index >= 15 is 0 Å². The second-order valence-electron chi connectivity index (χ2n) is 3.26. The molecule has 0 aliphatic heterocycles. The maximum atomic E-state index is 6.45. The van der Waals surface area contributed by atoms with Gasteiger partial charge in [0.25, 0.3) is 0 Å². The Morgan fingerprint density at radius 3 is 1.77 bits per heavy atom. The van der Waals surface area contributed by atoms with Crippen molar-refractivity contribution >= 4 is 0 Å². The first-order chi connectivity index (χ1) is 5.58. The molecule has 0 heterocycles. The maximum Gasteiger partial charge on any atom is 3.00 e. The minimum Gasteiger partial charge on any atom is -0.677 e. The van der Waals surface area contributed by atoms with E-state index in [4.69, 9.17) is 5.73 Å². The molecule has 2 nitrogen and oxygen atoms in total. The number of hydrogen-bond donors (Lipinski definition) is 1. The van der Waals surface area contributed by atoms with Crippen LogP contribution in [0, 0.1) is 43.5 Å². The summed E-state index contributed by atoms with van der Waals surface area (Å²) in [7, 11) is 1.98. The van der Waals surface area contributed by atoms with Crippen LogP contribution in [0.25, 0.3) is 5.73 Å². The van der Waals surface area contributed by atoms with Gasteiger partial charge in [-0.2, -0.15) is 12.5 Å². The molecule has 1 radical (unpaired) electrons. The summed E-state index contributed by atoms with van der Waals surface area (Å²) in [6.07, 6.45) is 3.26. The van der Waals surface area contributed by atoms with Crippen molar-refractivity contribution < 1.29 is 31.1 Å². The minimum atomic E-state index is 0. The monoisotopic (exact) mass is 410 g/mol. The summed E-state index contributed by atoms with van der Waals surface area (Å²) >= 11 is 0. The summed E-state index contributed by atoms with van der Waals surface area (Å²) in [6.45, 7) is 9.09. The third kappa shape index (κ3) is 24.6. The summed E-state index contributed by atoms with van der Waals surface area (Å²) in [6, 6.07) is 0.551. The molecule has 0 aliphatic carbocycles. The Kier molecular flexibility index (Phi) is 23.2. The van der Waals surface area contributed by atoms with Crippen LogP contribution in [0.3, 0.4) is 0 Å². The quantitative estimate of drug-likeness (QED) is 0.711. The summed E-state index contributed by atoms with van der Waals surface area (Å²) in [5.74, 6) is 0.692. The normalized spacial score (nSPS) is 11.3. The molecular formula is C10H24N2U+. The molecule has 0 aromatic carbocycles. The molecule has 0 spiro atoms. The van der Waals surface area contributed by atoms with Crippen LogP contribution in [0.15, 0.2) is 0 Å². The van der Waals surface area contributed by atoms with Crippen molar-refractivity contribution in [2.45, 2.75) is 40.2 Å². The van der Waals surface area contributed by atoms with Gasteiger partial charge in [-0.25, -0.2) is 0 Å². The van der Waals surface area contributed by atoms with Gasteiger partial charge >= 0.3 is 31.1 Å². The van der Waals surface area contributed by atoms with E-state index in [1.165, 1.54) is 0 Å². The van der Waals surface area contributed by atoms with E-state index < -0.39 is 0 Å². The zero-order chi connectivity index (χ0) is 9.98. The second kappa shape index (κ2) is 15.4. The molecule has 0 amide bonds. The van der Waals surface area contributed by atoms with Crippen molar-refractivity contribution in [3.63, 3.8) is 0 Å². The smallest absolute Gasteiger partial charge is 0.677 e. The zero-order valence-corrected chi connectivity index (χ0v) is 13.8. The molecule has 3 heteroatoms. The molecular weight excluding hydrogens is 386 g/mol. The Morgan fingerprint density at radius 1 is 1.31 bits per heavy atom. The van der Waals surface area contributed by atoms with E-state index in [-0.39, 0.29) is 31.1 Å². The molecule has 0 bridgehead atoms. The van der Waals surface area contributed by atoms with Crippen molar-refractivity contribution in [3.8, 4) is 0 Å². The van der Waals surface area contributed by atoms with Gasteiger partial charge in [-0.15, -0.1) is 6.04 Å². The number of hydrogen-bond acceptors (Lipinski definition) is 1. The molecule has 0 fully saturated rings. The largest absolute Gasteiger partial charge is 3.00 e. The molecule has 13 heavy (non-hydrogen) atoms. The second-order valence-corrected chi connectivity index (χ2v) is 3.26. The maximum absolute atomic E-state index is 6.45. The SMILES string of the molecule is CCC[NH-].CN[C@@H](C)[CH-]C(C)C.[U+3]. The van der Waals surface area contributed by atoms with Gasteiger partial charge in [-0.05, 0) is 7.05 Å². The fourth-order valence-corrected chi connectivity index (χ4v) is 0.674. The Bertz CT molecular complexity index is 75.3. The third-order valence-corrected chi connectivity index (χ3v) is 1.38. The Labute approximate surface area is 108 Å². The minimum absolute atomic E-state index is 0. The van der Waals surface area contributed by atoms with Crippen LogP contribution < -0.4 is 5.32 Å². The predicted molar refractivity (Wildman–Crippen MR) is 57.1 cm³/mol. The van der Waals surface area contributed by atoms with Gasteiger partial charge in [0.05, 0.1) is 0 Å². The summed E-state index contributed by atoms with van der Waals surface area (Å²) < 4.78 is 0. The van der Waals surface area contributed by atoms with E-state index in [0.29, 0.717) is 18.5 Å². The summed E-state index contributed by atoms with van der Waals surface area (Å²) in [5, 5.41) is 3.14. The Hall–Kier alpha value is 0.972. The molecule has 0 saturated heterocycles. The molecule has 1 atom stereocenters. The standard InChI is InChI=1S/C7H16N.C3H8N.U/c1-6(2)5-7(3)8-4;1-2-3-4;/h5-8H,1-4H3;4H,2-3H2,1H3;/q2*-1;+3/t7-;;/m0../s1. The average Bonchev–Trinajstić information content (AvgIpc) is 2.04. The average molecular weight is 410 g/mol. The molecule has 0 aliphatic rings. The first-order valence-electron chi connectivity index (χ1n) is 4.75. The van der Waals surface area contributed by atoms with Crippen molar-refractivity contribution in [1.29, 1.82) is 0 Å². The Morgan fingerprint density at radius 2 is 1.69 bits per heavy atom. The van der Waals surface area contributed by atoms with Gasteiger partial charge in [-0.1, -0.05) is 34.1 Å². The third-order valence-electron chi connectivity index (χ3n) is 1.38. The van der Waals surface area contributed by atoms with E-state index in [1.54, 1.807) is 0 Å². The fourth-order valence-electron chi connectivity index (χ4n) is 0.674. The van der Waals surface area contributed by atoms with Crippen LogP contribution in [0.4, 0.5) is 0 Å². The predicted octanol–water partition coefficient (Wildman–Crippen LogP) is 2.90. The van der Waals surface area contributed by atoms with E-state index in [0.717, 1.165) is 6.42 Å². The van der Waals surface area contributed by atoms with E-state index in [1.807, 2.05) is 14.0 Å². The first-order valence-corrected chi connectivity index (χ1v) is 4.75. The van der Waals surface area contributed by atoms with Gasteiger partial charge < -0.3 is 17.5 Å². The van der Waals surface area contributed by atoms with Crippen molar-refractivity contribution in [1.82, 2.24) is 5.32 Å². The summed E-state index contributed by atoms with van der Waals surface area (Å²) in [4.78, 5) is 0. The Balaban J connectivity index is -0.000000173. The van der Waals surface area contributed by atoms with Crippen LogP contribution in [0.1, 0.15) is 34.1 Å². The van der Waals surface area contributed by atoms with E-state index in [2.05, 4.69) is 32.5 Å². The topological polar surface area (TPSA) is 35.8 Å². The van der Waals surface area contributed by atoms with Crippen molar-refractivity contribution in [2.75, 3.05) is 13.6 Å². The zero-order valence-electron chi connectivity index (χ0n) is 9.65. The molecule has 0 aromatic rings. The van der Waals surface area contributed by atoms with Crippen LogP contribution in [-0.2, 0) is 0 Å². The molecule has 0 saturated carbocycles. The first kappa shape index (κ1) is 19.5. The van der Waals surface area contributed by atoms with Gasteiger partial charge in [-0.3, -0.25) is 0 Å². The van der Waals surface area contributed by atoms with Crippen molar-refractivity contribution in [3.05, 3.63) is 12.2 Å². The molecule has 0 aromatic heterocycles. The van der Waals surface area contributed by atoms with Gasteiger partial charge in [0.2, 0.25) is 0 Å². The van der Waals surface area contributed by atoms with Crippen molar-refractivity contribution in [2.24, 2.45) is 5.92 Å². The summed E-state index contributed by atoms with van der Waals surface area (Å²) in [5.41, 5.74) is 6.45. The molecule has 2 N–H and O–H groups in total. The van der Waals surface area contributed by atoms with Gasteiger partial charge in [0, 0.05) is 0 Å². The molecule has 0 unspecified atom stereocenters. The van der Waals surface area contributed by atoms with Crippen LogP contribution >= 0.6 is 0 Å². The van der Waals surface area contributed by atoms with Gasteiger partial charge in [0.15, 0.2) is 0 Å². The van der Waals surface area contributed by atoms with Crippen LogP contribution in [-0.4, -0.2) is 19.6 Å². The van der Waals surface area contributed by atoms with Crippen LogP contribution in [0.2, 0.25) is 0 Å². The van der Waals surface area contributed by atoms with Crippen LogP contribution in [0.5, 0.6) is 0 Å². The molecule has 77 valence electrons. The number of nitrogens with one attached hydrogen (secondary N) is 2. The van der Waals surface area contributed by atoms with Gasteiger partial charge in [0.1, 0.15) is 0 Å². The van der Waals surface area contributed by atoms with E-state index in [9.17, 15) is 0 Å².